The molecule has 0 atom stereocenters. The van der Waals surface area contributed by atoms with Gasteiger partial charge < -0.3 is 14.2 Å². The van der Waals surface area contributed by atoms with Crippen molar-refractivity contribution in [3.05, 3.63) is 58.7 Å². The number of fused-ring (bicyclic) bond motifs is 1. The van der Waals surface area contributed by atoms with Gasteiger partial charge in [-0.25, -0.2) is 4.79 Å². The largest absolute Gasteiger partial charge is 0.497 e. The summed E-state index contributed by atoms with van der Waals surface area (Å²) in [5, 5.41) is 0.882. The Morgan fingerprint density at radius 2 is 1.74 bits per heavy atom. The van der Waals surface area contributed by atoms with Crippen LogP contribution in [0.5, 0.6) is 11.5 Å². The van der Waals surface area contributed by atoms with Gasteiger partial charge in [-0.05, 0) is 72.6 Å². The number of halogens is 1. The van der Waals surface area contributed by atoms with Crippen LogP contribution in [0.15, 0.2) is 53.1 Å². The molecule has 0 unspecified atom stereocenters. The highest BCUT2D eigenvalue weighted by atomic mass is 79.9. The van der Waals surface area contributed by atoms with E-state index in [1.807, 2.05) is 63.2 Å². The van der Waals surface area contributed by atoms with Crippen LogP contribution in [-0.2, 0) is 11.3 Å². The number of benzene rings is 2. The molecule has 0 spiro atoms. The van der Waals surface area contributed by atoms with Gasteiger partial charge in [-0.1, -0.05) is 12.1 Å². The summed E-state index contributed by atoms with van der Waals surface area (Å²) in [4.78, 5) is 12.4. The zero-order valence-electron chi connectivity index (χ0n) is 15.8. The molecule has 0 aliphatic rings. The summed E-state index contributed by atoms with van der Waals surface area (Å²) in [5.74, 6) is 1.54. The summed E-state index contributed by atoms with van der Waals surface area (Å²) in [7, 11) is 1.64. The molecule has 3 aromatic rings. The summed E-state index contributed by atoms with van der Waals surface area (Å²) in [6, 6.07) is 13.3. The number of carbonyl (C=O) groups excluding carboxylic acids is 1. The Bertz CT molecular complexity index is 955. The van der Waals surface area contributed by atoms with E-state index < -0.39 is 11.7 Å². The quantitative estimate of drug-likeness (QED) is 0.525. The Balaban J connectivity index is 1.79. The molecule has 0 radical (unpaired) electrons. The van der Waals surface area contributed by atoms with Crippen molar-refractivity contribution in [3.63, 3.8) is 0 Å². The van der Waals surface area contributed by atoms with Crippen LogP contribution >= 0.6 is 15.9 Å². The van der Waals surface area contributed by atoms with E-state index in [-0.39, 0.29) is 0 Å². The first-order valence-electron chi connectivity index (χ1n) is 8.56. The topological polar surface area (TPSA) is 49.7 Å². The highest BCUT2D eigenvalue weighted by Crippen LogP contribution is 2.30. The van der Waals surface area contributed by atoms with Crippen molar-refractivity contribution in [3.8, 4) is 11.5 Å². The number of ether oxygens (including phenoxy) is 3. The highest BCUT2D eigenvalue weighted by Gasteiger charge is 2.20. The number of nitrogens with zero attached hydrogens (tertiary/aromatic N) is 1. The van der Waals surface area contributed by atoms with E-state index >= 15 is 0 Å². The molecule has 0 fully saturated rings. The van der Waals surface area contributed by atoms with Crippen LogP contribution in [0.1, 0.15) is 26.3 Å². The predicted molar refractivity (Wildman–Crippen MR) is 109 cm³/mol. The molecule has 0 saturated carbocycles. The molecule has 0 aliphatic carbocycles. The first-order chi connectivity index (χ1) is 12.8. The standard InChI is InChI=1S/C21H22BrNO4/c1-21(2,3)27-20(24)23-12-18(22)17-11-16(9-10-19(17)23)26-13-14-5-7-15(25-4)8-6-14/h5-12H,13H2,1-4H3. The summed E-state index contributed by atoms with van der Waals surface area (Å²) in [5.41, 5.74) is 1.25. The third-order valence-electron chi connectivity index (χ3n) is 3.88. The van der Waals surface area contributed by atoms with Crippen LogP contribution < -0.4 is 9.47 Å². The molecule has 0 amide bonds. The minimum Gasteiger partial charge on any atom is -0.497 e. The van der Waals surface area contributed by atoms with Crippen molar-refractivity contribution in [2.45, 2.75) is 33.0 Å². The Morgan fingerprint density at radius 1 is 1.07 bits per heavy atom. The van der Waals surface area contributed by atoms with Crippen LogP contribution in [0.25, 0.3) is 10.9 Å². The molecule has 1 heterocycles. The van der Waals surface area contributed by atoms with Gasteiger partial charge in [0.1, 0.15) is 23.7 Å². The molecule has 3 rings (SSSR count). The van der Waals surface area contributed by atoms with E-state index in [0.717, 1.165) is 32.4 Å². The summed E-state index contributed by atoms with van der Waals surface area (Å²) < 4.78 is 18.8. The van der Waals surface area contributed by atoms with Gasteiger partial charge in [0.15, 0.2) is 0 Å². The van der Waals surface area contributed by atoms with Crippen molar-refractivity contribution in [1.29, 1.82) is 0 Å². The summed E-state index contributed by atoms with van der Waals surface area (Å²) >= 11 is 3.51. The SMILES string of the molecule is COc1ccc(COc2ccc3c(c2)c(Br)cn3C(=O)OC(C)(C)C)cc1. The van der Waals surface area contributed by atoms with Crippen LogP contribution in [0, 0.1) is 0 Å². The molecule has 6 heteroatoms. The van der Waals surface area contributed by atoms with Gasteiger partial charge in [0, 0.05) is 16.1 Å². The molecule has 0 saturated heterocycles. The van der Waals surface area contributed by atoms with E-state index in [2.05, 4.69) is 15.9 Å². The maximum Gasteiger partial charge on any atom is 0.419 e. The Labute approximate surface area is 167 Å². The van der Waals surface area contributed by atoms with Crippen LogP contribution in [0.2, 0.25) is 0 Å². The average molecular weight is 432 g/mol. The maximum atomic E-state index is 12.4. The van der Waals surface area contributed by atoms with Gasteiger partial charge >= 0.3 is 6.09 Å². The first kappa shape index (κ1) is 19.3. The maximum absolute atomic E-state index is 12.4. The second-order valence-electron chi connectivity index (χ2n) is 7.14. The van der Waals surface area contributed by atoms with Gasteiger partial charge in [-0.2, -0.15) is 0 Å². The zero-order chi connectivity index (χ0) is 19.6. The Hall–Kier alpha value is -2.47. The minimum absolute atomic E-state index is 0.412. The van der Waals surface area contributed by atoms with Crippen molar-refractivity contribution in [2.24, 2.45) is 0 Å². The van der Waals surface area contributed by atoms with E-state index in [4.69, 9.17) is 14.2 Å². The molecule has 5 nitrogen and oxygen atoms in total. The lowest BCUT2D eigenvalue weighted by Crippen LogP contribution is -2.26. The fraction of sp³-hybridized carbons (Fsp3) is 0.286. The molecular weight excluding hydrogens is 410 g/mol. The van der Waals surface area contributed by atoms with E-state index in [1.54, 1.807) is 13.3 Å². The molecule has 142 valence electrons. The van der Waals surface area contributed by atoms with Crippen LogP contribution in [0.4, 0.5) is 4.79 Å². The van der Waals surface area contributed by atoms with Crippen molar-refractivity contribution < 1.29 is 19.0 Å². The number of hydrogen-bond donors (Lipinski definition) is 0. The van der Waals surface area contributed by atoms with Gasteiger partial charge in [0.2, 0.25) is 0 Å². The molecule has 0 aliphatic heterocycles. The van der Waals surface area contributed by atoms with Crippen molar-refractivity contribution in [2.75, 3.05) is 7.11 Å². The van der Waals surface area contributed by atoms with Gasteiger partial charge in [0.05, 0.1) is 12.6 Å². The van der Waals surface area contributed by atoms with Crippen LogP contribution in [0.3, 0.4) is 0 Å². The van der Waals surface area contributed by atoms with Gasteiger partial charge in [-0.15, -0.1) is 0 Å². The molecule has 0 N–H and O–H groups in total. The highest BCUT2D eigenvalue weighted by molar-refractivity contribution is 9.10. The Morgan fingerprint density at radius 3 is 2.37 bits per heavy atom. The Kier molecular flexibility index (Phi) is 5.46. The lowest BCUT2D eigenvalue weighted by molar-refractivity contribution is 0.0544. The first-order valence-corrected chi connectivity index (χ1v) is 9.36. The van der Waals surface area contributed by atoms with Gasteiger partial charge in [0.25, 0.3) is 0 Å². The monoisotopic (exact) mass is 431 g/mol. The van der Waals surface area contributed by atoms with Crippen molar-refractivity contribution in [1.82, 2.24) is 4.57 Å². The number of methoxy groups -OCH3 is 1. The van der Waals surface area contributed by atoms with Gasteiger partial charge in [-0.3, -0.25) is 4.57 Å². The molecule has 1 aromatic heterocycles. The smallest absolute Gasteiger partial charge is 0.419 e. The number of hydrogen-bond acceptors (Lipinski definition) is 4. The molecular formula is C21H22BrNO4. The molecule has 2 aromatic carbocycles. The fourth-order valence-electron chi connectivity index (χ4n) is 2.61. The second-order valence-corrected chi connectivity index (χ2v) is 8.00. The third kappa shape index (κ3) is 4.63. The molecule has 0 bridgehead atoms. The number of aromatic nitrogens is 1. The number of carbonyl (C=O) groups is 1. The second kappa shape index (κ2) is 7.64. The lowest BCUT2D eigenvalue weighted by atomic mass is 10.2. The number of rotatable bonds is 4. The fourth-order valence-corrected chi connectivity index (χ4v) is 3.13. The van der Waals surface area contributed by atoms with E-state index in [0.29, 0.717) is 6.61 Å². The average Bonchev–Trinajstić information content (AvgIpc) is 2.95. The summed E-state index contributed by atoms with van der Waals surface area (Å²) in [6.45, 7) is 5.98. The van der Waals surface area contributed by atoms with E-state index in [1.165, 1.54) is 4.57 Å². The summed E-state index contributed by atoms with van der Waals surface area (Å²) in [6.07, 6.45) is 1.30. The zero-order valence-corrected chi connectivity index (χ0v) is 17.4. The van der Waals surface area contributed by atoms with Crippen molar-refractivity contribution >= 4 is 32.9 Å². The predicted octanol–water partition coefficient (Wildman–Crippen LogP) is 5.77. The third-order valence-corrected chi connectivity index (χ3v) is 4.51. The molecule has 27 heavy (non-hydrogen) atoms. The minimum atomic E-state index is -0.554. The van der Waals surface area contributed by atoms with E-state index in [9.17, 15) is 4.79 Å². The van der Waals surface area contributed by atoms with Crippen LogP contribution in [-0.4, -0.2) is 23.4 Å². The lowest BCUT2D eigenvalue weighted by Gasteiger charge is -2.19. The normalized spacial score (nSPS) is 11.4.